The average Bonchev–Trinajstić information content (AvgIpc) is 2.68. The zero-order chi connectivity index (χ0) is 16.8. The smallest absolute Gasteiger partial charge is 0.123 e. The summed E-state index contributed by atoms with van der Waals surface area (Å²) in [5.41, 5.74) is 2.97. The molecule has 5 rings (SSSR count). The molecule has 0 saturated carbocycles. The van der Waals surface area contributed by atoms with Gasteiger partial charge in [0.05, 0.1) is 11.2 Å². The first-order chi connectivity index (χ1) is 12.3. The first-order valence-electron chi connectivity index (χ1n) is 8.31. The van der Waals surface area contributed by atoms with Gasteiger partial charge in [-0.25, -0.2) is 4.98 Å². The van der Waals surface area contributed by atoms with Crippen molar-refractivity contribution in [1.29, 1.82) is 0 Å². The second-order valence-corrected chi connectivity index (χ2v) is 6.20. The second-order valence-electron chi connectivity index (χ2n) is 6.20. The molecule has 0 aliphatic heterocycles. The second kappa shape index (κ2) is 5.32. The number of hydrogen-bond donors (Lipinski definition) is 1. The molecule has 0 spiro atoms. The Hall–Kier alpha value is -3.39. The lowest BCUT2D eigenvalue weighted by Gasteiger charge is -2.12. The molecule has 118 valence electrons. The molecule has 5 aromatic rings. The minimum Gasteiger partial charge on any atom is -0.507 e. The van der Waals surface area contributed by atoms with E-state index in [-0.39, 0.29) is 0 Å². The van der Waals surface area contributed by atoms with Gasteiger partial charge in [0, 0.05) is 21.7 Å². The molecule has 2 heteroatoms. The lowest BCUT2D eigenvalue weighted by Crippen LogP contribution is -1.90. The van der Waals surface area contributed by atoms with Gasteiger partial charge in [-0.2, -0.15) is 0 Å². The van der Waals surface area contributed by atoms with Crippen LogP contribution in [-0.4, -0.2) is 10.1 Å². The fourth-order valence-electron chi connectivity index (χ4n) is 3.60. The van der Waals surface area contributed by atoms with Crippen molar-refractivity contribution in [3.8, 4) is 17.0 Å². The molecule has 1 heterocycles. The highest BCUT2D eigenvalue weighted by atomic mass is 16.3. The quantitative estimate of drug-likeness (QED) is 0.389. The lowest BCUT2D eigenvalue weighted by atomic mass is 9.96. The summed E-state index contributed by atoms with van der Waals surface area (Å²) in [6.45, 7) is 0. The summed E-state index contributed by atoms with van der Waals surface area (Å²) < 4.78 is 0. The average molecular weight is 321 g/mol. The van der Waals surface area contributed by atoms with Gasteiger partial charge in [-0.3, -0.25) is 0 Å². The molecule has 0 radical (unpaired) electrons. The van der Waals surface area contributed by atoms with Crippen molar-refractivity contribution < 1.29 is 5.11 Å². The zero-order valence-electron chi connectivity index (χ0n) is 13.5. The predicted molar refractivity (Wildman–Crippen MR) is 104 cm³/mol. The number of aromatic nitrogens is 1. The van der Waals surface area contributed by atoms with E-state index in [1.807, 2.05) is 54.6 Å². The van der Waals surface area contributed by atoms with Crippen LogP contribution in [0.25, 0.3) is 43.7 Å². The molecule has 0 amide bonds. The predicted octanol–water partition coefficient (Wildman–Crippen LogP) is 5.91. The Morgan fingerprint density at radius 1 is 0.520 bits per heavy atom. The third kappa shape index (κ3) is 2.08. The molecule has 0 aliphatic rings. The number of benzene rings is 4. The first-order valence-corrected chi connectivity index (χ1v) is 8.31. The molecule has 0 aliphatic carbocycles. The SMILES string of the molecule is Oc1ccc(-c2nc3ccccc3c3ccccc23)c2ccccc12. The molecule has 0 unspecified atom stereocenters. The van der Waals surface area contributed by atoms with E-state index in [1.165, 1.54) is 5.39 Å². The van der Waals surface area contributed by atoms with Gasteiger partial charge in [0.25, 0.3) is 0 Å². The lowest BCUT2D eigenvalue weighted by molar-refractivity contribution is 0.481. The summed E-state index contributed by atoms with van der Waals surface area (Å²) in [7, 11) is 0. The maximum absolute atomic E-state index is 10.2. The van der Waals surface area contributed by atoms with Crippen LogP contribution in [-0.2, 0) is 0 Å². The number of hydrogen-bond acceptors (Lipinski definition) is 2. The summed E-state index contributed by atoms with van der Waals surface area (Å²) in [6, 6.07) is 28.2. The Balaban J connectivity index is 1.98. The van der Waals surface area contributed by atoms with Crippen molar-refractivity contribution in [3.05, 3.63) is 84.9 Å². The van der Waals surface area contributed by atoms with Gasteiger partial charge in [0.2, 0.25) is 0 Å². The first kappa shape index (κ1) is 14.0. The van der Waals surface area contributed by atoms with E-state index in [2.05, 4.69) is 24.3 Å². The molecule has 0 bridgehead atoms. The van der Waals surface area contributed by atoms with E-state index in [9.17, 15) is 5.11 Å². The van der Waals surface area contributed by atoms with Crippen LogP contribution in [0.2, 0.25) is 0 Å². The van der Waals surface area contributed by atoms with E-state index in [1.54, 1.807) is 6.07 Å². The maximum Gasteiger partial charge on any atom is 0.123 e. The van der Waals surface area contributed by atoms with Crippen LogP contribution in [0.1, 0.15) is 0 Å². The Morgan fingerprint density at radius 3 is 1.92 bits per heavy atom. The Kier molecular flexibility index (Phi) is 2.98. The van der Waals surface area contributed by atoms with Gasteiger partial charge in [0.1, 0.15) is 5.75 Å². The van der Waals surface area contributed by atoms with Crippen LogP contribution in [0.4, 0.5) is 0 Å². The molecular formula is C23H15NO. The van der Waals surface area contributed by atoms with Gasteiger partial charge >= 0.3 is 0 Å². The monoisotopic (exact) mass is 321 g/mol. The number of aromatic hydroxyl groups is 1. The van der Waals surface area contributed by atoms with E-state index < -0.39 is 0 Å². The number of fused-ring (bicyclic) bond motifs is 4. The van der Waals surface area contributed by atoms with Crippen LogP contribution < -0.4 is 0 Å². The third-order valence-corrected chi connectivity index (χ3v) is 4.76. The summed E-state index contributed by atoms with van der Waals surface area (Å²) in [5, 5.41) is 15.5. The van der Waals surface area contributed by atoms with E-state index in [4.69, 9.17) is 4.98 Å². The number of para-hydroxylation sites is 1. The summed E-state index contributed by atoms with van der Waals surface area (Å²) in [5.74, 6) is 0.296. The van der Waals surface area contributed by atoms with Gasteiger partial charge in [0.15, 0.2) is 0 Å². The van der Waals surface area contributed by atoms with E-state index in [0.29, 0.717) is 5.75 Å². The Labute approximate surface area is 145 Å². The fourth-order valence-corrected chi connectivity index (χ4v) is 3.60. The maximum atomic E-state index is 10.2. The fraction of sp³-hybridized carbons (Fsp3) is 0. The largest absolute Gasteiger partial charge is 0.507 e. The molecular weight excluding hydrogens is 306 g/mol. The molecule has 0 saturated heterocycles. The van der Waals surface area contributed by atoms with Crippen LogP contribution in [0, 0.1) is 0 Å². The highest BCUT2D eigenvalue weighted by Gasteiger charge is 2.13. The zero-order valence-corrected chi connectivity index (χ0v) is 13.5. The Morgan fingerprint density at radius 2 is 1.12 bits per heavy atom. The van der Waals surface area contributed by atoms with Gasteiger partial charge in [-0.1, -0.05) is 66.7 Å². The summed E-state index contributed by atoms with van der Waals surface area (Å²) in [6.07, 6.45) is 0. The number of pyridine rings is 1. The van der Waals surface area contributed by atoms with E-state index in [0.717, 1.165) is 38.3 Å². The van der Waals surface area contributed by atoms with Gasteiger partial charge in [-0.15, -0.1) is 0 Å². The Bertz CT molecular complexity index is 1260. The van der Waals surface area contributed by atoms with Crippen LogP contribution in [0.5, 0.6) is 5.75 Å². The number of phenolic OH excluding ortho intramolecular Hbond substituents is 1. The molecule has 0 fully saturated rings. The molecule has 1 aromatic heterocycles. The molecule has 0 atom stereocenters. The van der Waals surface area contributed by atoms with Crippen molar-refractivity contribution in [3.63, 3.8) is 0 Å². The topological polar surface area (TPSA) is 33.1 Å². The molecule has 2 nitrogen and oxygen atoms in total. The molecule has 4 aromatic carbocycles. The van der Waals surface area contributed by atoms with E-state index >= 15 is 0 Å². The van der Waals surface area contributed by atoms with Crippen molar-refractivity contribution in [2.75, 3.05) is 0 Å². The van der Waals surface area contributed by atoms with Crippen molar-refractivity contribution in [2.24, 2.45) is 0 Å². The third-order valence-electron chi connectivity index (χ3n) is 4.76. The standard InChI is InChI=1S/C23H15NO/c25-22-14-13-20(16-8-1-3-10-18(16)22)23-19-11-4-2-7-15(19)17-9-5-6-12-21(17)24-23/h1-14,25H. The van der Waals surface area contributed by atoms with Crippen molar-refractivity contribution >= 4 is 32.4 Å². The molecule has 1 N–H and O–H groups in total. The van der Waals surface area contributed by atoms with Gasteiger partial charge in [-0.05, 0) is 29.0 Å². The minimum atomic E-state index is 0.296. The van der Waals surface area contributed by atoms with Gasteiger partial charge < -0.3 is 5.11 Å². The number of phenols is 1. The highest BCUT2D eigenvalue weighted by molar-refractivity contribution is 6.13. The summed E-state index contributed by atoms with van der Waals surface area (Å²) >= 11 is 0. The molecule has 25 heavy (non-hydrogen) atoms. The van der Waals surface area contributed by atoms with Crippen LogP contribution >= 0.6 is 0 Å². The van der Waals surface area contributed by atoms with Crippen molar-refractivity contribution in [2.45, 2.75) is 0 Å². The van der Waals surface area contributed by atoms with Crippen molar-refractivity contribution in [1.82, 2.24) is 4.98 Å². The highest BCUT2D eigenvalue weighted by Crippen LogP contribution is 2.38. The normalized spacial score (nSPS) is 11.4. The van der Waals surface area contributed by atoms with Crippen LogP contribution in [0.3, 0.4) is 0 Å². The van der Waals surface area contributed by atoms with Crippen LogP contribution in [0.15, 0.2) is 84.9 Å². The minimum absolute atomic E-state index is 0.296. The number of rotatable bonds is 1. The number of nitrogens with zero attached hydrogens (tertiary/aromatic N) is 1. The summed E-state index contributed by atoms with van der Waals surface area (Å²) in [4.78, 5) is 4.97.